The van der Waals surface area contributed by atoms with E-state index in [2.05, 4.69) is 21.3 Å². The number of aromatic nitrogens is 1. The van der Waals surface area contributed by atoms with Gasteiger partial charge in [-0.05, 0) is 68.2 Å². The first kappa shape index (κ1) is 23.3. The lowest BCUT2D eigenvalue weighted by Crippen LogP contribution is -2.35. The molecule has 5 nitrogen and oxygen atoms in total. The van der Waals surface area contributed by atoms with Crippen LogP contribution < -0.4 is 15.0 Å². The number of carbonyl (C=O) groups is 1. The SMILES string of the molecule is O=C(Nc1cccc(OCCC(F)(F)F)n1)c1ccc(SC2CC2)cc1N1CCC2(CC1)CC2. The number of carbonyl (C=O) groups excluding carboxylic acids is 1. The normalized spacial score (nSPS) is 19.2. The van der Waals surface area contributed by atoms with Gasteiger partial charge < -0.3 is 15.0 Å². The Bertz CT molecular complexity index is 1040. The van der Waals surface area contributed by atoms with Crippen LogP contribution in [0.25, 0.3) is 0 Å². The summed E-state index contributed by atoms with van der Waals surface area (Å²) >= 11 is 1.87. The molecule has 2 aliphatic carbocycles. The maximum atomic E-state index is 13.2. The van der Waals surface area contributed by atoms with Crippen molar-refractivity contribution in [2.45, 2.75) is 61.3 Å². The molecule has 5 rings (SSSR count). The molecule has 1 aromatic heterocycles. The predicted octanol–water partition coefficient (Wildman–Crippen LogP) is 6.30. The maximum Gasteiger partial charge on any atom is 0.392 e. The van der Waals surface area contributed by atoms with Gasteiger partial charge in [0.2, 0.25) is 5.88 Å². The fourth-order valence-corrected chi connectivity index (χ4v) is 5.42. The Labute approximate surface area is 201 Å². The molecule has 3 aliphatic rings. The van der Waals surface area contributed by atoms with E-state index in [9.17, 15) is 18.0 Å². The number of halogens is 3. The molecule has 1 N–H and O–H groups in total. The summed E-state index contributed by atoms with van der Waals surface area (Å²) < 4.78 is 42.2. The fraction of sp³-hybridized carbons (Fsp3) is 0.520. The summed E-state index contributed by atoms with van der Waals surface area (Å²) in [6.45, 7) is 1.37. The number of pyridine rings is 1. The molecule has 0 bridgehead atoms. The second kappa shape index (κ2) is 9.32. The summed E-state index contributed by atoms with van der Waals surface area (Å²) in [4.78, 5) is 20.9. The molecule has 1 aromatic carbocycles. The number of nitrogens with zero attached hydrogens (tertiary/aromatic N) is 2. The van der Waals surface area contributed by atoms with Gasteiger partial charge in [-0.3, -0.25) is 4.79 Å². The maximum absolute atomic E-state index is 13.2. The van der Waals surface area contributed by atoms with Crippen LogP contribution >= 0.6 is 11.8 Å². The van der Waals surface area contributed by atoms with Crippen LogP contribution in [0.15, 0.2) is 41.3 Å². The lowest BCUT2D eigenvalue weighted by molar-refractivity contribution is -0.139. The Kier molecular flexibility index (Phi) is 6.39. The number of anilines is 2. The lowest BCUT2D eigenvalue weighted by Gasteiger charge is -2.35. The van der Waals surface area contributed by atoms with E-state index in [1.54, 1.807) is 12.1 Å². The zero-order valence-corrected chi connectivity index (χ0v) is 19.7. The van der Waals surface area contributed by atoms with Crippen molar-refractivity contribution in [3.63, 3.8) is 0 Å². The zero-order chi connectivity index (χ0) is 23.8. The van der Waals surface area contributed by atoms with Crippen LogP contribution in [0.4, 0.5) is 24.7 Å². The molecule has 1 amide bonds. The van der Waals surface area contributed by atoms with Crippen LogP contribution in [-0.2, 0) is 0 Å². The van der Waals surface area contributed by atoms with Crippen LogP contribution in [0, 0.1) is 5.41 Å². The standard InChI is InChI=1S/C25H28F3N3O2S/c26-25(27,28)12-15-33-22-3-1-2-21(29-22)30-23(32)19-7-6-18(34-17-4-5-17)16-20(19)31-13-10-24(8-9-24)11-14-31/h1-3,6-7,16-17H,4-5,8-15H2,(H,29,30,32). The molecule has 1 aliphatic heterocycles. The molecule has 2 aromatic rings. The van der Waals surface area contributed by atoms with E-state index in [4.69, 9.17) is 4.74 Å². The van der Waals surface area contributed by atoms with Crippen molar-refractivity contribution in [1.29, 1.82) is 0 Å². The first-order chi connectivity index (χ1) is 16.3. The molecule has 1 spiro atoms. The molecule has 182 valence electrons. The highest BCUT2D eigenvalue weighted by molar-refractivity contribution is 8.00. The van der Waals surface area contributed by atoms with Gasteiger partial charge in [-0.25, -0.2) is 0 Å². The van der Waals surface area contributed by atoms with E-state index in [1.165, 1.54) is 36.6 Å². The Morgan fingerprint density at radius 3 is 2.59 bits per heavy atom. The van der Waals surface area contributed by atoms with Crippen LogP contribution in [0.3, 0.4) is 0 Å². The zero-order valence-electron chi connectivity index (χ0n) is 18.9. The van der Waals surface area contributed by atoms with Crippen molar-refractivity contribution < 1.29 is 22.7 Å². The van der Waals surface area contributed by atoms with Gasteiger partial charge in [0, 0.05) is 29.3 Å². The molecule has 3 fully saturated rings. The highest BCUT2D eigenvalue weighted by atomic mass is 32.2. The van der Waals surface area contributed by atoms with Crippen molar-refractivity contribution in [3.8, 4) is 5.88 Å². The number of hydrogen-bond donors (Lipinski definition) is 1. The average Bonchev–Trinajstić information content (AvgIpc) is 3.73. The van der Waals surface area contributed by atoms with Gasteiger partial charge in [0.05, 0.1) is 24.3 Å². The molecule has 9 heteroatoms. The molecule has 0 unspecified atom stereocenters. The third-order valence-corrected chi connectivity index (χ3v) is 8.09. The van der Waals surface area contributed by atoms with E-state index in [1.807, 2.05) is 23.9 Å². The lowest BCUT2D eigenvalue weighted by atomic mass is 9.93. The van der Waals surface area contributed by atoms with Gasteiger partial charge in [0.1, 0.15) is 5.82 Å². The third-order valence-electron chi connectivity index (χ3n) is 6.76. The summed E-state index contributed by atoms with van der Waals surface area (Å²) in [5.41, 5.74) is 2.06. The number of amides is 1. The summed E-state index contributed by atoms with van der Waals surface area (Å²) in [6.07, 6.45) is 2.08. The highest BCUT2D eigenvalue weighted by Gasteiger charge is 2.44. The van der Waals surface area contributed by atoms with Gasteiger partial charge in [-0.1, -0.05) is 6.07 Å². The van der Waals surface area contributed by atoms with E-state index >= 15 is 0 Å². The Balaban J connectivity index is 1.30. The summed E-state index contributed by atoms with van der Waals surface area (Å²) in [7, 11) is 0. The largest absolute Gasteiger partial charge is 0.477 e. The number of rotatable bonds is 8. The molecule has 0 radical (unpaired) electrons. The number of alkyl halides is 3. The van der Waals surface area contributed by atoms with Gasteiger partial charge in [-0.2, -0.15) is 18.2 Å². The fourth-order valence-electron chi connectivity index (χ4n) is 4.34. The minimum absolute atomic E-state index is 0.0456. The molecular formula is C25H28F3N3O2S. The minimum Gasteiger partial charge on any atom is -0.477 e. The van der Waals surface area contributed by atoms with Gasteiger partial charge >= 0.3 is 6.18 Å². The van der Waals surface area contributed by atoms with Crippen LogP contribution in [-0.4, -0.2) is 42.0 Å². The third kappa shape index (κ3) is 5.98. The smallest absolute Gasteiger partial charge is 0.392 e. The summed E-state index contributed by atoms with van der Waals surface area (Å²) in [6, 6.07) is 10.7. The van der Waals surface area contributed by atoms with Gasteiger partial charge in [0.15, 0.2) is 0 Å². The van der Waals surface area contributed by atoms with Crippen molar-refractivity contribution in [2.75, 3.05) is 29.9 Å². The first-order valence-corrected chi connectivity index (χ1v) is 12.7. The molecular weight excluding hydrogens is 463 g/mol. The highest BCUT2D eigenvalue weighted by Crippen LogP contribution is 2.54. The molecule has 34 heavy (non-hydrogen) atoms. The number of piperidine rings is 1. The first-order valence-electron chi connectivity index (χ1n) is 11.8. The Morgan fingerprint density at radius 1 is 1.15 bits per heavy atom. The van der Waals surface area contributed by atoms with Gasteiger partial charge in [0.25, 0.3) is 5.91 Å². The molecule has 0 atom stereocenters. The topological polar surface area (TPSA) is 54.5 Å². The predicted molar refractivity (Wildman–Crippen MR) is 127 cm³/mol. The van der Waals surface area contributed by atoms with Crippen molar-refractivity contribution in [3.05, 3.63) is 42.0 Å². The number of benzene rings is 1. The monoisotopic (exact) mass is 491 g/mol. The van der Waals surface area contributed by atoms with E-state index in [0.717, 1.165) is 31.6 Å². The minimum atomic E-state index is -4.29. The quantitative estimate of drug-likeness (QED) is 0.470. The van der Waals surface area contributed by atoms with Crippen molar-refractivity contribution in [1.82, 2.24) is 4.98 Å². The number of ether oxygens (including phenoxy) is 1. The van der Waals surface area contributed by atoms with E-state index < -0.39 is 19.2 Å². The van der Waals surface area contributed by atoms with Crippen LogP contribution in [0.2, 0.25) is 0 Å². The molecule has 1 saturated heterocycles. The Morgan fingerprint density at radius 2 is 1.91 bits per heavy atom. The van der Waals surface area contributed by atoms with E-state index in [0.29, 0.717) is 16.2 Å². The Hall–Kier alpha value is -2.42. The van der Waals surface area contributed by atoms with E-state index in [-0.39, 0.29) is 17.6 Å². The summed E-state index contributed by atoms with van der Waals surface area (Å²) in [5.74, 6) is 0.00121. The van der Waals surface area contributed by atoms with Crippen LogP contribution in [0.1, 0.15) is 55.3 Å². The molecule has 2 heterocycles. The van der Waals surface area contributed by atoms with Crippen LogP contribution in [0.5, 0.6) is 5.88 Å². The van der Waals surface area contributed by atoms with Crippen molar-refractivity contribution >= 4 is 29.2 Å². The number of hydrogen-bond acceptors (Lipinski definition) is 5. The summed E-state index contributed by atoms with van der Waals surface area (Å²) in [5, 5.41) is 3.47. The van der Waals surface area contributed by atoms with Gasteiger partial charge in [-0.15, -0.1) is 11.8 Å². The number of nitrogens with one attached hydrogen (secondary N) is 1. The second-order valence-electron chi connectivity index (χ2n) is 9.51. The number of thioether (sulfide) groups is 1. The average molecular weight is 492 g/mol. The molecule has 2 saturated carbocycles. The second-order valence-corrected chi connectivity index (χ2v) is 10.9. The van der Waals surface area contributed by atoms with Crippen molar-refractivity contribution in [2.24, 2.45) is 5.41 Å².